The zero-order valence-corrected chi connectivity index (χ0v) is 20.2. The zero-order valence-electron chi connectivity index (χ0n) is 20.2. The maximum absolute atomic E-state index is 13.5. The normalized spacial score (nSPS) is 17.8. The molecule has 0 radical (unpaired) electrons. The number of benzene rings is 3. The largest absolute Gasteiger partial charge is 0.497 e. The van der Waals surface area contributed by atoms with Crippen LogP contribution in [0.1, 0.15) is 71.2 Å². The van der Waals surface area contributed by atoms with Crippen molar-refractivity contribution in [3.8, 4) is 5.75 Å². The standard InChI is InChI=1S/C30H31N3O2/c1-21-19-28(24-11-7-4-8-12-24)32-30-27(20-31-33(21)30)29(34)18-17-26(22-9-5-3-6-10-22)23-13-15-25(35-2)16-14-23/h3-16,20-21,26,28,32H,17-19H2,1-2H3. The van der Waals surface area contributed by atoms with Crippen molar-refractivity contribution in [2.75, 3.05) is 12.4 Å². The Bertz CT molecular complexity index is 1270. The van der Waals surface area contributed by atoms with Crippen molar-refractivity contribution in [1.29, 1.82) is 0 Å². The summed E-state index contributed by atoms with van der Waals surface area (Å²) in [6, 6.07) is 29.3. The van der Waals surface area contributed by atoms with Crippen LogP contribution in [0.2, 0.25) is 0 Å². The number of nitrogens with zero attached hydrogens (tertiary/aromatic N) is 2. The number of nitrogens with one attached hydrogen (secondary N) is 1. The molecule has 3 unspecified atom stereocenters. The lowest BCUT2D eigenvalue weighted by Crippen LogP contribution is -2.26. The topological polar surface area (TPSA) is 56.1 Å². The molecule has 0 fully saturated rings. The molecule has 178 valence electrons. The quantitative estimate of drug-likeness (QED) is 0.291. The van der Waals surface area contributed by atoms with Crippen LogP contribution in [0.5, 0.6) is 5.75 Å². The summed E-state index contributed by atoms with van der Waals surface area (Å²) in [5.41, 5.74) is 4.30. The average molecular weight is 466 g/mol. The van der Waals surface area contributed by atoms with E-state index >= 15 is 0 Å². The van der Waals surface area contributed by atoms with Crippen LogP contribution in [0, 0.1) is 0 Å². The van der Waals surface area contributed by atoms with Crippen molar-refractivity contribution in [3.05, 3.63) is 113 Å². The van der Waals surface area contributed by atoms with Gasteiger partial charge in [0.25, 0.3) is 0 Å². The lowest BCUT2D eigenvalue weighted by atomic mass is 9.86. The van der Waals surface area contributed by atoms with Gasteiger partial charge in [-0.3, -0.25) is 4.79 Å². The van der Waals surface area contributed by atoms with Gasteiger partial charge in [-0.15, -0.1) is 0 Å². The molecule has 4 aromatic rings. The fourth-order valence-corrected chi connectivity index (χ4v) is 5.07. The number of ether oxygens (including phenoxy) is 1. The number of hydrogen-bond acceptors (Lipinski definition) is 4. The van der Waals surface area contributed by atoms with Crippen LogP contribution >= 0.6 is 0 Å². The molecular weight excluding hydrogens is 434 g/mol. The first kappa shape index (κ1) is 22.9. The van der Waals surface area contributed by atoms with Crippen LogP contribution in [0.15, 0.2) is 91.1 Å². The molecule has 0 amide bonds. The molecule has 3 atom stereocenters. The van der Waals surface area contributed by atoms with Gasteiger partial charge in [0, 0.05) is 12.3 Å². The monoisotopic (exact) mass is 465 g/mol. The highest BCUT2D eigenvalue weighted by atomic mass is 16.5. The number of ketones is 1. The summed E-state index contributed by atoms with van der Waals surface area (Å²) in [6.45, 7) is 2.16. The van der Waals surface area contributed by atoms with E-state index in [0.717, 1.165) is 24.4 Å². The Labute approximate surface area is 206 Å². The number of carbonyl (C=O) groups excluding carboxylic acids is 1. The molecule has 0 saturated carbocycles. The summed E-state index contributed by atoms with van der Waals surface area (Å²) in [7, 11) is 1.67. The molecule has 0 bridgehead atoms. The lowest BCUT2D eigenvalue weighted by Gasteiger charge is -2.31. The van der Waals surface area contributed by atoms with Crippen molar-refractivity contribution in [1.82, 2.24) is 9.78 Å². The van der Waals surface area contributed by atoms with Gasteiger partial charge in [-0.05, 0) is 48.6 Å². The molecule has 0 saturated heterocycles. The summed E-state index contributed by atoms with van der Waals surface area (Å²) in [5, 5.41) is 8.17. The molecule has 1 N–H and O–H groups in total. The zero-order chi connectivity index (χ0) is 24.2. The van der Waals surface area contributed by atoms with Crippen molar-refractivity contribution in [2.24, 2.45) is 0 Å². The lowest BCUT2D eigenvalue weighted by molar-refractivity contribution is 0.0979. The van der Waals surface area contributed by atoms with E-state index in [1.165, 1.54) is 16.7 Å². The molecule has 5 heteroatoms. The van der Waals surface area contributed by atoms with Crippen molar-refractivity contribution >= 4 is 11.6 Å². The van der Waals surface area contributed by atoms with Gasteiger partial charge in [0.1, 0.15) is 11.6 Å². The summed E-state index contributed by atoms with van der Waals surface area (Å²) in [6.07, 6.45) is 3.83. The third kappa shape index (κ3) is 4.85. The number of hydrogen-bond donors (Lipinski definition) is 1. The molecule has 2 heterocycles. The van der Waals surface area contributed by atoms with E-state index in [4.69, 9.17) is 4.74 Å². The SMILES string of the molecule is COc1ccc(C(CCC(=O)c2cnn3c2NC(c2ccccc2)CC3C)c2ccccc2)cc1. The van der Waals surface area contributed by atoms with E-state index in [9.17, 15) is 4.79 Å². The molecule has 0 spiro atoms. The fraction of sp³-hybridized carbons (Fsp3) is 0.267. The molecule has 5 rings (SSSR count). The minimum absolute atomic E-state index is 0.120. The van der Waals surface area contributed by atoms with E-state index < -0.39 is 0 Å². The van der Waals surface area contributed by atoms with Gasteiger partial charge in [0.15, 0.2) is 5.78 Å². The van der Waals surface area contributed by atoms with E-state index in [0.29, 0.717) is 12.0 Å². The second kappa shape index (κ2) is 10.2. The Hall–Kier alpha value is -3.86. The molecule has 1 aliphatic heterocycles. The van der Waals surface area contributed by atoms with E-state index in [2.05, 4.69) is 78.0 Å². The Morgan fingerprint density at radius 3 is 2.34 bits per heavy atom. The van der Waals surface area contributed by atoms with Gasteiger partial charge >= 0.3 is 0 Å². The van der Waals surface area contributed by atoms with Crippen LogP contribution in [0.25, 0.3) is 0 Å². The third-order valence-corrected chi connectivity index (χ3v) is 6.98. The molecule has 5 nitrogen and oxygen atoms in total. The van der Waals surface area contributed by atoms with Crippen molar-refractivity contribution in [2.45, 2.75) is 44.2 Å². The second-order valence-corrected chi connectivity index (χ2v) is 9.24. The number of Topliss-reactive ketones (excluding diaryl/α,β-unsaturated/α-hetero) is 1. The van der Waals surface area contributed by atoms with Crippen LogP contribution in [-0.4, -0.2) is 22.7 Å². The highest BCUT2D eigenvalue weighted by Crippen LogP contribution is 2.37. The van der Waals surface area contributed by atoms with Crippen LogP contribution in [0.3, 0.4) is 0 Å². The number of aromatic nitrogens is 2. The minimum atomic E-state index is 0.120. The predicted octanol–water partition coefficient (Wildman–Crippen LogP) is 6.80. The smallest absolute Gasteiger partial charge is 0.168 e. The van der Waals surface area contributed by atoms with Gasteiger partial charge < -0.3 is 10.1 Å². The first-order chi connectivity index (χ1) is 17.1. The van der Waals surface area contributed by atoms with Gasteiger partial charge in [-0.1, -0.05) is 72.8 Å². The van der Waals surface area contributed by atoms with Crippen molar-refractivity contribution in [3.63, 3.8) is 0 Å². The fourth-order valence-electron chi connectivity index (χ4n) is 5.07. The summed E-state index contributed by atoms with van der Waals surface area (Å²) in [5.74, 6) is 1.91. The van der Waals surface area contributed by atoms with E-state index in [-0.39, 0.29) is 23.8 Å². The predicted molar refractivity (Wildman–Crippen MR) is 139 cm³/mol. The number of rotatable bonds is 8. The minimum Gasteiger partial charge on any atom is -0.497 e. The molecule has 3 aromatic carbocycles. The summed E-state index contributed by atoms with van der Waals surface area (Å²) in [4.78, 5) is 13.5. The van der Waals surface area contributed by atoms with Crippen molar-refractivity contribution < 1.29 is 9.53 Å². The molecule has 0 aliphatic carbocycles. The Morgan fingerprint density at radius 2 is 1.66 bits per heavy atom. The van der Waals surface area contributed by atoms with Gasteiger partial charge in [0.05, 0.1) is 31.0 Å². The number of anilines is 1. The highest BCUT2D eigenvalue weighted by Gasteiger charge is 2.29. The van der Waals surface area contributed by atoms with E-state index in [1.54, 1.807) is 13.3 Å². The molecule has 35 heavy (non-hydrogen) atoms. The first-order valence-electron chi connectivity index (χ1n) is 12.2. The maximum atomic E-state index is 13.5. The highest BCUT2D eigenvalue weighted by molar-refractivity contribution is 6.00. The van der Waals surface area contributed by atoms with Crippen LogP contribution < -0.4 is 10.1 Å². The Balaban J connectivity index is 1.36. The van der Waals surface area contributed by atoms with E-state index in [1.807, 2.05) is 28.9 Å². The van der Waals surface area contributed by atoms with Gasteiger partial charge in [-0.25, -0.2) is 4.68 Å². The number of methoxy groups -OCH3 is 1. The van der Waals surface area contributed by atoms with Gasteiger partial charge in [-0.2, -0.15) is 5.10 Å². The summed E-state index contributed by atoms with van der Waals surface area (Å²) < 4.78 is 7.30. The van der Waals surface area contributed by atoms with Crippen LogP contribution in [0.4, 0.5) is 5.82 Å². The molecule has 1 aromatic heterocycles. The number of fused-ring (bicyclic) bond motifs is 1. The maximum Gasteiger partial charge on any atom is 0.168 e. The Kier molecular flexibility index (Phi) is 6.66. The van der Waals surface area contributed by atoms with Crippen LogP contribution in [-0.2, 0) is 0 Å². The molecule has 1 aliphatic rings. The average Bonchev–Trinajstić information content (AvgIpc) is 3.35. The van der Waals surface area contributed by atoms with Gasteiger partial charge in [0.2, 0.25) is 0 Å². The number of carbonyl (C=O) groups is 1. The summed E-state index contributed by atoms with van der Waals surface area (Å²) >= 11 is 0. The Morgan fingerprint density at radius 1 is 1.00 bits per heavy atom. The first-order valence-corrected chi connectivity index (χ1v) is 12.2. The molecular formula is C30H31N3O2. The second-order valence-electron chi connectivity index (χ2n) is 9.24. The third-order valence-electron chi connectivity index (χ3n) is 6.98.